The molecular formula is C20H34OSn. The van der Waals surface area contributed by atoms with Gasteiger partial charge < -0.3 is 0 Å². The van der Waals surface area contributed by atoms with E-state index in [4.69, 9.17) is 0 Å². The van der Waals surface area contributed by atoms with Crippen LogP contribution in [-0.2, 0) is 0 Å². The molecule has 1 aromatic rings. The molecule has 0 atom stereocenters. The topological polar surface area (TPSA) is 17.1 Å². The van der Waals surface area contributed by atoms with Crippen molar-refractivity contribution in [3.63, 3.8) is 0 Å². The van der Waals surface area contributed by atoms with Gasteiger partial charge in [0.1, 0.15) is 0 Å². The van der Waals surface area contributed by atoms with Crippen molar-refractivity contribution >= 4 is 28.2 Å². The van der Waals surface area contributed by atoms with Gasteiger partial charge in [0.2, 0.25) is 0 Å². The van der Waals surface area contributed by atoms with E-state index in [1.54, 1.807) is 0 Å². The normalized spacial score (nSPS) is 11.6. The van der Waals surface area contributed by atoms with Gasteiger partial charge in [0, 0.05) is 0 Å². The molecule has 0 saturated heterocycles. The van der Waals surface area contributed by atoms with Crippen molar-refractivity contribution in [2.45, 2.75) is 79.5 Å². The maximum absolute atomic E-state index is 11.6. The fraction of sp³-hybridized carbons (Fsp3) is 0.650. The number of unbranched alkanes of at least 4 members (excludes halogenated alkanes) is 3. The SMILES string of the molecule is CCC[CH2][Sn]([CH2]CCC)([CH2]CCC)[c]1cc(C)ccc1C=O. The standard InChI is InChI=1S/C8H7O.3C4H9.Sn/c1-7-2-4-8(6-9)5-3-7;3*1-3-4-2;/h2-4,6H,1H3;3*1,3-4H2,2H3;. The molecule has 0 unspecified atom stereocenters. The zero-order chi connectivity index (χ0) is 16.4. The Morgan fingerprint density at radius 2 is 1.41 bits per heavy atom. The molecule has 0 spiro atoms. The molecule has 2 heteroatoms. The molecule has 0 N–H and O–H groups in total. The van der Waals surface area contributed by atoms with Crippen LogP contribution in [0.15, 0.2) is 18.2 Å². The van der Waals surface area contributed by atoms with Crippen molar-refractivity contribution in [1.82, 2.24) is 0 Å². The summed E-state index contributed by atoms with van der Waals surface area (Å²) in [5.41, 5.74) is 2.33. The second-order valence-electron chi connectivity index (χ2n) is 6.80. The summed E-state index contributed by atoms with van der Waals surface area (Å²) in [6.07, 6.45) is 8.98. The van der Waals surface area contributed by atoms with E-state index in [-0.39, 0.29) is 0 Å². The molecule has 0 aromatic heterocycles. The molecular weight excluding hydrogens is 375 g/mol. The number of rotatable bonds is 11. The van der Waals surface area contributed by atoms with E-state index in [1.807, 2.05) is 0 Å². The number of carbonyl (C=O) groups excluding carboxylic acids is 1. The average molecular weight is 409 g/mol. The van der Waals surface area contributed by atoms with E-state index in [2.05, 4.69) is 45.9 Å². The van der Waals surface area contributed by atoms with Gasteiger partial charge in [-0.25, -0.2) is 0 Å². The quantitative estimate of drug-likeness (QED) is 0.330. The summed E-state index contributed by atoms with van der Waals surface area (Å²) in [4.78, 5) is 11.6. The summed E-state index contributed by atoms with van der Waals surface area (Å²) in [6, 6.07) is 6.55. The van der Waals surface area contributed by atoms with Crippen molar-refractivity contribution in [3.8, 4) is 0 Å². The molecule has 0 bridgehead atoms. The van der Waals surface area contributed by atoms with E-state index in [9.17, 15) is 4.79 Å². The van der Waals surface area contributed by atoms with Gasteiger partial charge in [-0.2, -0.15) is 0 Å². The summed E-state index contributed by atoms with van der Waals surface area (Å²) in [5.74, 6) is 0. The predicted octanol–water partition coefficient (Wildman–Crippen LogP) is 5.86. The van der Waals surface area contributed by atoms with Gasteiger partial charge in [0.25, 0.3) is 0 Å². The van der Waals surface area contributed by atoms with E-state index in [1.165, 1.54) is 61.0 Å². The Labute approximate surface area is 141 Å². The number of carbonyl (C=O) groups is 1. The number of aldehydes is 1. The minimum absolute atomic E-state index is 1.00. The van der Waals surface area contributed by atoms with Crippen LogP contribution in [0.4, 0.5) is 0 Å². The van der Waals surface area contributed by atoms with Crippen molar-refractivity contribution in [1.29, 1.82) is 0 Å². The van der Waals surface area contributed by atoms with Gasteiger partial charge in [-0.3, -0.25) is 0 Å². The van der Waals surface area contributed by atoms with Crippen molar-refractivity contribution in [2.75, 3.05) is 0 Å². The van der Waals surface area contributed by atoms with Crippen LogP contribution in [0.3, 0.4) is 0 Å². The second kappa shape index (κ2) is 10.5. The van der Waals surface area contributed by atoms with Crippen LogP contribution in [0.5, 0.6) is 0 Å². The molecule has 0 aliphatic heterocycles. The number of hydrogen-bond acceptors (Lipinski definition) is 1. The molecule has 0 radical (unpaired) electrons. The zero-order valence-electron chi connectivity index (χ0n) is 15.1. The molecule has 0 aliphatic carbocycles. The minimum atomic E-state index is -2.46. The molecule has 1 rings (SSSR count). The third-order valence-electron chi connectivity index (χ3n) is 4.93. The van der Waals surface area contributed by atoms with Gasteiger partial charge in [0.15, 0.2) is 0 Å². The van der Waals surface area contributed by atoms with Crippen LogP contribution in [-0.4, -0.2) is 24.7 Å². The van der Waals surface area contributed by atoms with E-state index >= 15 is 0 Å². The van der Waals surface area contributed by atoms with E-state index < -0.39 is 18.4 Å². The van der Waals surface area contributed by atoms with E-state index in [0.717, 1.165) is 11.8 Å². The molecule has 0 aliphatic rings. The Morgan fingerprint density at radius 3 is 1.82 bits per heavy atom. The molecule has 124 valence electrons. The summed E-state index contributed by atoms with van der Waals surface area (Å²) < 4.78 is 5.81. The van der Waals surface area contributed by atoms with Crippen LogP contribution in [0, 0.1) is 6.92 Å². The summed E-state index contributed by atoms with van der Waals surface area (Å²) in [5, 5.41) is 0. The Bertz CT molecular complexity index is 431. The summed E-state index contributed by atoms with van der Waals surface area (Å²) in [6.45, 7) is 9.07. The first kappa shape index (κ1) is 19.7. The third-order valence-corrected chi connectivity index (χ3v) is 20.7. The third kappa shape index (κ3) is 5.40. The van der Waals surface area contributed by atoms with Crippen LogP contribution in [0.25, 0.3) is 0 Å². The van der Waals surface area contributed by atoms with Crippen LogP contribution in [0.2, 0.25) is 13.3 Å². The first-order chi connectivity index (χ1) is 10.6. The molecule has 1 aromatic carbocycles. The van der Waals surface area contributed by atoms with Crippen LogP contribution in [0.1, 0.15) is 75.2 Å². The molecule has 0 heterocycles. The van der Waals surface area contributed by atoms with Gasteiger partial charge in [-0.1, -0.05) is 0 Å². The van der Waals surface area contributed by atoms with Gasteiger partial charge in [0.05, 0.1) is 0 Å². The molecule has 0 saturated carbocycles. The maximum atomic E-state index is 11.6. The van der Waals surface area contributed by atoms with Crippen molar-refractivity contribution in [3.05, 3.63) is 29.3 Å². The average Bonchev–Trinajstić information content (AvgIpc) is 2.54. The summed E-state index contributed by atoms with van der Waals surface area (Å²) in [7, 11) is 0. The first-order valence-electron chi connectivity index (χ1n) is 9.19. The van der Waals surface area contributed by atoms with Gasteiger partial charge >= 0.3 is 142 Å². The Kier molecular flexibility index (Phi) is 9.38. The fourth-order valence-electron chi connectivity index (χ4n) is 3.56. The fourth-order valence-corrected chi connectivity index (χ4v) is 20.5. The Balaban J connectivity index is 3.29. The van der Waals surface area contributed by atoms with E-state index in [0.29, 0.717) is 0 Å². The second-order valence-corrected chi connectivity index (χ2v) is 19.9. The molecule has 1 nitrogen and oxygen atoms in total. The van der Waals surface area contributed by atoms with Crippen molar-refractivity contribution in [2.24, 2.45) is 0 Å². The number of benzene rings is 1. The first-order valence-corrected chi connectivity index (χ1v) is 16.7. The zero-order valence-corrected chi connectivity index (χ0v) is 17.9. The van der Waals surface area contributed by atoms with Gasteiger partial charge in [-0.15, -0.1) is 0 Å². The Morgan fingerprint density at radius 1 is 0.909 bits per heavy atom. The van der Waals surface area contributed by atoms with Crippen LogP contribution >= 0.6 is 0 Å². The number of aryl methyl sites for hydroxylation is 1. The molecule has 0 amide bonds. The van der Waals surface area contributed by atoms with Crippen LogP contribution < -0.4 is 3.58 Å². The number of hydrogen-bond donors (Lipinski definition) is 0. The Hall–Kier alpha value is -0.311. The predicted molar refractivity (Wildman–Crippen MR) is 101 cm³/mol. The van der Waals surface area contributed by atoms with Gasteiger partial charge in [-0.05, 0) is 0 Å². The summed E-state index contributed by atoms with van der Waals surface area (Å²) >= 11 is -2.46. The monoisotopic (exact) mass is 410 g/mol. The molecule has 0 fully saturated rings. The molecule has 22 heavy (non-hydrogen) atoms. The van der Waals surface area contributed by atoms with Crippen molar-refractivity contribution < 1.29 is 4.79 Å².